The molecular formula is C26H28N2O4S. The van der Waals surface area contributed by atoms with Crippen LogP contribution in [0.3, 0.4) is 0 Å². The number of benzene rings is 3. The van der Waals surface area contributed by atoms with E-state index in [0.717, 1.165) is 25.7 Å². The number of nitrogens with one attached hydrogen (secondary N) is 1. The number of piperidine rings is 1. The van der Waals surface area contributed by atoms with Gasteiger partial charge in [0.15, 0.2) is 0 Å². The molecule has 1 saturated heterocycles. The zero-order valence-corrected chi connectivity index (χ0v) is 19.3. The van der Waals surface area contributed by atoms with E-state index in [1.54, 1.807) is 42.5 Å². The summed E-state index contributed by atoms with van der Waals surface area (Å²) < 4.78 is 33.0. The van der Waals surface area contributed by atoms with Crippen LogP contribution in [0.4, 0.5) is 5.69 Å². The second-order valence-corrected chi connectivity index (χ2v) is 9.96. The molecule has 33 heavy (non-hydrogen) atoms. The minimum atomic E-state index is -3.50. The maximum absolute atomic E-state index is 12.9. The van der Waals surface area contributed by atoms with E-state index in [4.69, 9.17) is 4.74 Å². The van der Waals surface area contributed by atoms with Crippen LogP contribution in [0.25, 0.3) is 0 Å². The highest BCUT2D eigenvalue weighted by atomic mass is 32.2. The minimum Gasteiger partial charge on any atom is -0.492 e. The molecule has 1 heterocycles. The van der Waals surface area contributed by atoms with Crippen LogP contribution in [0.2, 0.25) is 0 Å². The van der Waals surface area contributed by atoms with Gasteiger partial charge in [0.1, 0.15) is 5.75 Å². The van der Waals surface area contributed by atoms with E-state index in [9.17, 15) is 13.2 Å². The third-order valence-electron chi connectivity index (χ3n) is 5.69. The van der Waals surface area contributed by atoms with Crippen LogP contribution < -0.4 is 10.1 Å². The molecule has 0 atom stereocenters. The highest BCUT2D eigenvalue weighted by Crippen LogP contribution is 2.24. The molecule has 3 aromatic carbocycles. The van der Waals surface area contributed by atoms with Crippen molar-refractivity contribution < 1.29 is 17.9 Å². The van der Waals surface area contributed by atoms with Crippen LogP contribution in [0.1, 0.15) is 35.2 Å². The van der Waals surface area contributed by atoms with E-state index in [1.807, 2.05) is 36.4 Å². The molecule has 3 aromatic rings. The van der Waals surface area contributed by atoms with Gasteiger partial charge in [-0.1, -0.05) is 48.9 Å². The number of hydrogen-bond acceptors (Lipinski definition) is 4. The molecule has 0 aromatic heterocycles. The molecule has 4 rings (SSSR count). The lowest BCUT2D eigenvalue weighted by Crippen LogP contribution is -2.35. The Balaban J connectivity index is 1.40. The summed E-state index contributed by atoms with van der Waals surface area (Å²) in [5.41, 5.74) is 2.12. The molecule has 0 aliphatic carbocycles. The standard InChI is InChI=1S/C26H28N2O4S/c29-26(24-11-5-6-12-25(24)32-20-17-21-9-3-1-4-10-21)27-22-13-15-23(16-14-22)33(30,31)28-18-7-2-8-19-28/h1,3-6,9-16H,2,7-8,17-20H2,(H,27,29). The average molecular weight is 465 g/mol. The Morgan fingerprint density at radius 1 is 0.848 bits per heavy atom. The van der Waals surface area contributed by atoms with Crippen molar-refractivity contribution in [2.45, 2.75) is 30.6 Å². The first-order valence-electron chi connectivity index (χ1n) is 11.2. The van der Waals surface area contributed by atoms with Crippen LogP contribution in [-0.2, 0) is 16.4 Å². The SMILES string of the molecule is O=C(Nc1ccc(S(=O)(=O)N2CCCCC2)cc1)c1ccccc1OCCc1ccccc1. The van der Waals surface area contributed by atoms with Crippen molar-refractivity contribution in [3.8, 4) is 5.75 Å². The largest absolute Gasteiger partial charge is 0.492 e. The Hall–Kier alpha value is -3.16. The number of rotatable bonds is 8. The third kappa shape index (κ3) is 5.80. The van der Waals surface area contributed by atoms with Crippen LogP contribution in [-0.4, -0.2) is 38.3 Å². The number of ether oxygens (including phenoxy) is 1. The van der Waals surface area contributed by atoms with Gasteiger partial charge in [0.2, 0.25) is 10.0 Å². The molecule has 1 aliphatic heterocycles. The van der Waals surface area contributed by atoms with E-state index >= 15 is 0 Å². The minimum absolute atomic E-state index is 0.243. The number of anilines is 1. The fourth-order valence-electron chi connectivity index (χ4n) is 3.87. The zero-order valence-electron chi connectivity index (χ0n) is 18.4. The van der Waals surface area contributed by atoms with Gasteiger partial charge < -0.3 is 10.1 Å². The third-order valence-corrected chi connectivity index (χ3v) is 7.60. The second kappa shape index (κ2) is 10.6. The van der Waals surface area contributed by atoms with Gasteiger partial charge in [-0.15, -0.1) is 0 Å². The van der Waals surface area contributed by atoms with Gasteiger partial charge in [-0.2, -0.15) is 4.31 Å². The molecule has 6 nitrogen and oxygen atoms in total. The van der Waals surface area contributed by atoms with Gasteiger partial charge in [-0.05, 0) is 54.8 Å². The summed E-state index contributed by atoms with van der Waals surface area (Å²) in [6.07, 6.45) is 3.58. The Morgan fingerprint density at radius 3 is 2.24 bits per heavy atom. The van der Waals surface area contributed by atoms with Crippen LogP contribution in [0.5, 0.6) is 5.75 Å². The smallest absolute Gasteiger partial charge is 0.259 e. The molecule has 0 bridgehead atoms. The molecule has 172 valence electrons. The Bertz CT molecular complexity index is 1170. The second-order valence-electron chi connectivity index (χ2n) is 8.02. The predicted molar refractivity (Wildman–Crippen MR) is 129 cm³/mol. The first kappa shape index (κ1) is 23.0. The molecule has 0 unspecified atom stereocenters. The number of amides is 1. The summed E-state index contributed by atoms with van der Waals surface area (Å²) in [5.74, 6) is 0.201. The van der Waals surface area contributed by atoms with Crippen molar-refractivity contribution in [3.63, 3.8) is 0 Å². The topological polar surface area (TPSA) is 75.7 Å². The number of hydrogen-bond donors (Lipinski definition) is 1. The summed E-state index contributed by atoms with van der Waals surface area (Å²) >= 11 is 0. The molecule has 1 aliphatic rings. The average Bonchev–Trinajstić information content (AvgIpc) is 2.86. The molecule has 0 spiro atoms. The van der Waals surface area contributed by atoms with Gasteiger partial charge in [0.05, 0.1) is 17.1 Å². The lowest BCUT2D eigenvalue weighted by molar-refractivity contribution is 0.102. The summed E-state index contributed by atoms with van der Waals surface area (Å²) in [4.78, 5) is 13.1. The fourth-order valence-corrected chi connectivity index (χ4v) is 5.38. The number of sulfonamides is 1. The molecule has 7 heteroatoms. The van der Waals surface area contributed by atoms with Crippen molar-refractivity contribution in [1.82, 2.24) is 4.31 Å². The molecule has 1 N–H and O–H groups in total. The van der Waals surface area contributed by atoms with Crippen molar-refractivity contribution in [3.05, 3.63) is 90.0 Å². The number of nitrogens with zero attached hydrogens (tertiary/aromatic N) is 1. The normalized spacial score (nSPS) is 14.5. The highest BCUT2D eigenvalue weighted by Gasteiger charge is 2.25. The molecule has 1 fully saturated rings. The number of carbonyl (C=O) groups is 1. The van der Waals surface area contributed by atoms with Gasteiger partial charge >= 0.3 is 0 Å². The monoisotopic (exact) mass is 464 g/mol. The molecule has 0 saturated carbocycles. The summed E-state index contributed by atoms with van der Waals surface area (Å²) in [6.45, 7) is 1.57. The van der Waals surface area contributed by atoms with Crippen molar-refractivity contribution >= 4 is 21.6 Å². The number of para-hydroxylation sites is 1. The van der Waals surface area contributed by atoms with E-state index in [1.165, 1.54) is 9.87 Å². The van der Waals surface area contributed by atoms with Crippen LogP contribution >= 0.6 is 0 Å². The Morgan fingerprint density at radius 2 is 1.52 bits per heavy atom. The maximum atomic E-state index is 12.9. The fraction of sp³-hybridized carbons (Fsp3) is 0.269. The number of carbonyl (C=O) groups excluding carboxylic acids is 1. The zero-order chi connectivity index (χ0) is 23.1. The van der Waals surface area contributed by atoms with Gasteiger partial charge in [0, 0.05) is 25.2 Å². The van der Waals surface area contributed by atoms with Crippen molar-refractivity contribution in [2.24, 2.45) is 0 Å². The van der Waals surface area contributed by atoms with Gasteiger partial charge in [0.25, 0.3) is 5.91 Å². The van der Waals surface area contributed by atoms with Crippen LogP contribution in [0.15, 0.2) is 83.8 Å². The highest BCUT2D eigenvalue weighted by molar-refractivity contribution is 7.89. The quantitative estimate of drug-likeness (QED) is 0.523. The van der Waals surface area contributed by atoms with E-state index in [2.05, 4.69) is 5.32 Å². The Labute approximate surface area is 195 Å². The molecule has 0 radical (unpaired) electrons. The van der Waals surface area contributed by atoms with Gasteiger partial charge in [-0.3, -0.25) is 4.79 Å². The van der Waals surface area contributed by atoms with E-state index in [0.29, 0.717) is 36.7 Å². The molecule has 1 amide bonds. The van der Waals surface area contributed by atoms with E-state index < -0.39 is 10.0 Å². The van der Waals surface area contributed by atoms with Crippen molar-refractivity contribution in [2.75, 3.05) is 25.0 Å². The summed E-state index contributed by atoms with van der Waals surface area (Å²) in [6, 6.07) is 23.4. The predicted octanol–water partition coefficient (Wildman–Crippen LogP) is 4.74. The maximum Gasteiger partial charge on any atom is 0.259 e. The first-order chi connectivity index (χ1) is 16.0. The summed E-state index contributed by atoms with van der Waals surface area (Å²) in [5, 5.41) is 2.84. The van der Waals surface area contributed by atoms with E-state index in [-0.39, 0.29) is 10.8 Å². The van der Waals surface area contributed by atoms with Crippen molar-refractivity contribution in [1.29, 1.82) is 0 Å². The van der Waals surface area contributed by atoms with Crippen LogP contribution in [0, 0.1) is 0 Å². The Kier molecular flexibility index (Phi) is 7.42. The first-order valence-corrected chi connectivity index (χ1v) is 12.7. The molecular weight excluding hydrogens is 436 g/mol. The van der Waals surface area contributed by atoms with Gasteiger partial charge in [-0.25, -0.2) is 8.42 Å². The lowest BCUT2D eigenvalue weighted by Gasteiger charge is -2.25. The summed E-state index contributed by atoms with van der Waals surface area (Å²) in [7, 11) is -3.50. The lowest BCUT2D eigenvalue weighted by atomic mass is 10.1.